The van der Waals surface area contributed by atoms with E-state index in [2.05, 4.69) is 19.9 Å². The summed E-state index contributed by atoms with van der Waals surface area (Å²) in [7, 11) is 0. The van der Waals surface area contributed by atoms with Gasteiger partial charge < -0.3 is 5.11 Å². The summed E-state index contributed by atoms with van der Waals surface area (Å²) in [5.74, 6) is -0.764. The van der Waals surface area contributed by atoms with E-state index in [9.17, 15) is 4.79 Å². The molecular formula is C14H16N4O2. The molecule has 2 aromatic heterocycles. The highest BCUT2D eigenvalue weighted by atomic mass is 16.4. The molecule has 0 amide bonds. The van der Waals surface area contributed by atoms with Gasteiger partial charge in [-0.1, -0.05) is 6.92 Å². The molecule has 104 valence electrons. The summed E-state index contributed by atoms with van der Waals surface area (Å²) in [5, 5.41) is 9.00. The molecule has 6 heteroatoms. The van der Waals surface area contributed by atoms with Crippen LogP contribution < -0.4 is 0 Å². The van der Waals surface area contributed by atoms with E-state index in [0.717, 1.165) is 17.0 Å². The van der Waals surface area contributed by atoms with Crippen molar-refractivity contribution in [2.45, 2.75) is 27.2 Å². The Labute approximate surface area is 117 Å². The number of rotatable bonds is 4. The van der Waals surface area contributed by atoms with Gasteiger partial charge in [0.25, 0.3) is 0 Å². The Morgan fingerprint density at radius 2 is 1.90 bits per heavy atom. The zero-order valence-electron chi connectivity index (χ0n) is 11.7. The smallest absolute Gasteiger partial charge is 0.306 e. The van der Waals surface area contributed by atoms with E-state index in [1.807, 2.05) is 13.8 Å². The molecule has 2 rings (SSSR count). The van der Waals surface area contributed by atoms with Crippen LogP contribution in [0.4, 0.5) is 0 Å². The minimum absolute atomic E-state index is 0.424. The van der Waals surface area contributed by atoms with Gasteiger partial charge in [0.2, 0.25) is 0 Å². The molecule has 1 atom stereocenters. The molecule has 0 saturated heterocycles. The van der Waals surface area contributed by atoms with Gasteiger partial charge in [0.05, 0.1) is 12.1 Å². The monoisotopic (exact) mass is 272 g/mol. The highest BCUT2D eigenvalue weighted by Crippen LogP contribution is 2.19. The van der Waals surface area contributed by atoms with E-state index < -0.39 is 11.9 Å². The van der Waals surface area contributed by atoms with Crippen molar-refractivity contribution < 1.29 is 9.90 Å². The van der Waals surface area contributed by atoms with Crippen LogP contribution in [0.5, 0.6) is 0 Å². The summed E-state index contributed by atoms with van der Waals surface area (Å²) < 4.78 is 0. The van der Waals surface area contributed by atoms with Crippen molar-refractivity contribution in [2.75, 3.05) is 0 Å². The zero-order valence-corrected chi connectivity index (χ0v) is 11.7. The van der Waals surface area contributed by atoms with Crippen LogP contribution in [0.2, 0.25) is 0 Å². The van der Waals surface area contributed by atoms with Crippen molar-refractivity contribution in [2.24, 2.45) is 5.92 Å². The average molecular weight is 272 g/mol. The lowest BCUT2D eigenvalue weighted by Crippen LogP contribution is -2.15. The molecule has 6 nitrogen and oxygen atoms in total. The second-order valence-electron chi connectivity index (χ2n) is 4.73. The van der Waals surface area contributed by atoms with Crippen LogP contribution in [-0.4, -0.2) is 31.0 Å². The second-order valence-corrected chi connectivity index (χ2v) is 4.73. The fourth-order valence-corrected chi connectivity index (χ4v) is 1.96. The van der Waals surface area contributed by atoms with Gasteiger partial charge in [-0.05, 0) is 25.8 Å². The van der Waals surface area contributed by atoms with E-state index in [4.69, 9.17) is 5.11 Å². The number of carboxylic acid groups (broad SMARTS) is 1. The minimum atomic E-state index is -0.818. The van der Waals surface area contributed by atoms with Crippen molar-refractivity contribution in [3.05, 3.63) is 35.5 Å². The maximum absolute atomic E-state index is 11.0. The Morgan fingerprint density at radius 1 is 1.25 bits per heavy atom. The predicted octanol–water partition coefficient (Wildman–Crippen LogP) is 1.81. The number of carboxylic acids is 1. The topological polar surface area (TPSA) is 88.9 Å². The van der Waals surface area contributed by atoms with Gasteiger partial charge >= 0.3 is 5.97 Å². The number of aromatic nitrogens is 4. The fraction of sp³-hybridized carbons (Fsp3) is 0.357. The third-order valence-corrected chi connectivity index (χ3v) is 3.14. The second kappa shape index (κ2) is 5.73. The van der Waals surface area contributed by atoms with Crippen molar-refractivity contribution in [3.8, 4) is 11.5 Å². The van der Waals surface area contributed by atoms with Gasteiger partial charge in [-0.2, -0.15) is 0 Å². The van der Waals surface area contributed by atoms with Gasteiger partial charge in [0.1, 0.15) is 5.69 Å². The summed E-state index contributed by atoms with van der Waals surface area (Å²) in [6, 6.07) is 0. The third-order valence-electron chi connectivity index (χ3n) is 3.14. The van der Waals surface area contributed by atoms with Crippen LogP contribution in [0.1, 0.15) is 23.9 Å². The molecule has 1 N–H and O–H groups in total. The Morgan fingerprint density at radius 3 is 2.40 bits per heavy atom. The van der Waals surface area contributed by atoms with Gasteiger partial charge in [0.15, 0.2) is 5.82 Å². The van der Waals surface area contributed by atoms with Gasteiger partial charge in [-0.25, -0.2) is 15.0 Å². The molecule has 2 aromatic rings. The Balaban J connectivity index is 2.37. The lowest BCUT2D eigenvalue weighted by atomic mass is 9.99. The summed E-state index contributed by atoms with van der Waals surface area (Å²) in [6.45, 7) is 5.40. The molecule has 0 aliphatic carbocycles. The SMILES string of the molecule is Cc1nc(-c2cnccn2)nc(C)c1CC(C)C(=O)O. The molecule has 0 spiro atoms. The Bertz CT molecular complexity index is 605. The summed E-state index contributed by atoms with van der Waals surface area (Å²) >= 11 is 0. The van der Waals surface area contributed by atoms with Crippen LogP contribution in [0.3, 0.4) is 0 Å². The molecule has 0 aromatic carbocycles. The van der Waals surface area contributed by atoms with E-state index in [-0.39, 0.29) is 0 Å². The highest BCUT2D eigenvalue weighted by molar-refractivity contribution is 5.70. The summed E-state index contributed by atoms with van der Waals surface area (Å²) in [4.78, 5) is 27.9. The number of aryl methyl sites for hydroxylation is 2. The summed E-state index contributed by atoms with van der Waals surface area (Å²) in [6.07, 6.45) is 5.21. The molecule has 0 bridgehead atoms. The number of hydrogen-bond donors (Lipinski definition) is 1. The van der Waals surface area contributed by atoms with E-state index >= 15 is 0 Å². The Kier molecular flexibility index (Phi) is 4.02. The van der Waals surface area contributed by atoms with Crippen molar-refractivity contribution in [1.29, 1.82) is 0 Å². The molecule has 0 aliphatic rings. The van der Waals surface area contributed by atoms with Crippen LogP contribution in [0.25, 0.3) is 11.5 Å². The molecule has 2 heterocycles. The maximum atomic E-state index is 11.0. The van der Waals surface area contributed by atoms with Gasteiger partial charge in [-0.15, -0.1) is 0 Å². The first kappa shape index (κ1) is 14.0. The van der Waals surface area contributed by atoms with Gasteiger partial charge in [-0.3, -0.25) is 9.78 Å². The molecular weight excluding hydrogens is 256 g/mol. The first-order valence-corrected chi connectivity index (χ1v) is 6.32. The Hall–Kier alpha value is -2.37. The normalized spacial score (nSPS) is 12.2. The van der Waals surface area contributed by atoms with Crippen LogP contribution in [0.15, 0.2) is 18.6 Å². The lowest BCUT2D eigenvalue weighted by Gasteiger charge is -2.12. The average Bonchev–Trinajstić information content (AvgIpc) is 2.43. The molecule has 0 saturated carbocycles. The van der Waals surface area contributed by atoms with Crippen LogP contribution >= 0.6 is 0 Å². The third kappa shape index (κ3) is 2.96. The number of aliphatic carboxylic acids is 1. The van der Waals surface area contributed by atoms with E-state index in [1.54, 1.807) is 25.5 Å². The van der Waals surface area contributed by atoms with Crippen LogP contribution in [0, 0.1) is 19.8 Å². The van der Waals surface area contributed by atoms with E-state index in [0.29, 0.717) is 17.9 Å². The first-order chi connectivity index (χ1) is 9.49. The molecule has 0 radical (unpaired) electrons. The highest BCUT2D eigenvalue weighted by Gasteiger charge is 2.17. The molecule has 1 unspecified atom stereocenters. The molecule has 0 fully saturated rings. The maximum Gasteiger partial charge on any atom is 0.306 e. The fourth-order valence-electron chi connectivity index (χ4n) is 1.96. The lowest BCUT2D eigenvalue weighted by molar-refractivity contribution is -0.141. The molecule has 0 aliphatic heterocycles. The minimum Gasteiger partial charge on any atom is -0.481 e. The standard InChI is InChI=1S/C14H16N4O2/c1-8(14(19)20)6-11-9(2)17-13(18-10(11)3)12-7-15-4-5-16-12/h4-5,7-8H,6H2,1-3H3,(H,19,20). The number of nitrogens with zero attached hydrogens (tertiary/aromatic N) is 4. The summed E-state index contributed by atoms with van der Waals surface area (Å²) in [5.41, 5.74) is 3.06. The number of carbonyl (C=O) groups is 1. The van der Waals surface area contributed by atoms with Crippen molar-refractivity contribution >= 4 is 5.97 Å². The van der Waals surface area contributed by atoms with E-state index in [1.165, 1.54) is 0 Å². The van der Waals surface area contributed by atoms with Crippen LogP contribution in [-0.2, 0) is 11.2 Å². The van der Waals surface area contributed by atoms with Gasteiger partial charge in [0, 0.05) is 23.8 Å². The number of hydrogen-bond acceptors (Lipinski definition) is 5. The predicted molar refractivity (Wildman–Crippen MR) is 73.0 cm³/mol. The zero-order chi connectivity index (χ0) is 14.7. The first-order valence-electron chi connectivity index (χ1n) is 6.32. The van der Waals surface area contributed by atoms with Crippen molar-refractivity contribution in [3.63, 3.8) is 0 Å². The quantitative estimate of drug-likeness (QED) is 0.913. The van der Waals surface area contributed by atoms with Crippen molar-refractivity contribution in [1.82, 2.24) is 19.9 Å². The molecule has 20 heavy (non-hydrogen) atoms. The largest absolute Gasteiger partial charge is 0.481 e.